The Kier molecular flexibility index (Phi) is 3.23. The molecule has 2 heterocycles. The van der Waals surface area contributed by atoms with Gasteiger partial charge in [0.15, 0.2) is 0 Å². The largest absolute Gasteiger partial charge is 0.325 e. The predicted octanol–water partition coefficient (Wildman–Crippen LogP) is 3.16. The molecule has 100 valence electrons. The molecule has 0 unspecified atom stereocenters. The summed E-state index contributed by atoms with van der Waals surface area (Å²) < 4.78 is 1.95. The molecule has 1 N–H and O–H groups in total. The van der Waals surface area contributed by atoms with Gasteiger partial charge in [-0.05, 0) is 31.9 Å². The van der Waals surface area contributed by atoms with E-state index in [1.165, 1.54) is 19.3 Å². The first-order valence-corrected chi connectivity index (χ1v) is 6.98. The lowest BCUT2D eigenvalue weighted by Gasteiger charge is -2.20. The van der Waals surface area contributed by atoms with E-state index in [9.17, 15) is 4.79 Å². The highest BCUT2D eigenvalue weighted by Crippen LogP contribution is 2.25. The molecule has 1 fully saturated rings. The van der Waals surface area contributed by atoms with Crippen molar-refractivity contribution in [3.05, 3.63) is 30.2 Å². The Bertz CT molecular complexity index is 596. The summed E-state index contributed by atoms with van der Waals surface area (Å²) in [6.07, 6.45) is 9.57. The topological polar surface area (TPSA) is 46.4 Å². The second-order valence-corrected chi connectivity index (χ2v) is 5.39. The zero-order chi connectivity index (χ0) is 13.2. The molecular formula is C15H19N3O. The van der Waals surface area contributed by atoms with Crippen molar-refractivity contribution >= 4 is 17.2 Å². The number of hydrogen-bond donors (Lipinski definition) is 1. The highest BCUT2D eigenvalue weighted by atomic mass is 16.1. The van der Waals surface area contributed by atoms with Crippen LogP contribution in [0.3, 0.4) is 0 Å². The van der Waals surface area contributed by atoms with Gasteiger partial charge in [-0.15, -0.1) is 0 Å². The zero-order valence-corrected chi connectivity index (χ0v) is 11.2. The molecule has 0 bridgehead atoms. The van der Waals surface area contributed by atoms with E-state index in [-0.39, 0.29) is 11.8 Å². The quantitative estimate of drug-likeness (QED) is 0.898. The third kappa shape index (κ3) is 2.62. The first-order chi connectivity index (χ1) is 9.22. The zero-order valence-electron chi connectivity index (χ0n) is 11.2. The summed E-state index contributed by atoms with van der Waals surface area (Å²) in [6, 6.07) is 3.85. The molecule has 2 aromatic rings. The number of aromatic nitrogens is 2. The van der Waals surface area contributed by atoms with Crippen molar-refractivity contribution in [1.29, 1.82) is 0 Å². The summed E-state index contributed by atoms with van der Waals surface area (Å²) in [5.74, 6) is 0.352. The lowest BCUT2D eigenvalue weighted by atomic mass is 9.88. The first-order valence-electron chi connectivity index (χ1n) is 6.98. The van der Waals surface area contributed by atoms with Crippen molar-refractivity contribution in [2.45, 2.75) is 39.0 Å². The van der Waals surface area contributed by atoms with E-state index in [2.05, 4.69) is 10.3 Å². The van der Waals surface area contributed by atoms with Crippen molar-refractivity contribution < 1.29 is 4.79 Å². The second-order valence-electron chi connectivity index (χ2n) is 5.39. The first kappa shape index (κ1) is 12.2. The number of carbonyl (C=O) groups excluding carboxylic acids is 1. The number of rotatable bonds is 2. The summed E-state index contributed by atoms with van der Waals surface area (Å²) in [6.45, 7) is 1.97. The average Bonchev–Trinajstić information content (AvgIpc) is 2.79. The van der Waals surface area contributed by atoms with Crippen LogP contribution in [0.15, 0.2) is 24.5 Å². The Labute approximate surface area is 112 Å². The van der Waals surface area contributed by atoms with Crippen molar-refractivity contribution in [1.82, 2.24) is 9.38 Å². The van der Waals surface area contributed by atoms with E-state index >= 15 is 0 Å². The molecule has 1 aliphatic carbocycles. The lowest BCUT2D eigenvalue weighted by molar-refractivity contribution is -0.120. The molecule has 1 amide bonds. The van der Waals surface area contributed by atoms with Crippen LogP contribution in [0.1, 0.15) is 37.8 Å². The van der Waals surface area contributed by atoms with Crippen LogP contribution in [-0.4, -0.2) is 15.3 Å². The van der Waals surface area contributed by atoms with Crippen LogP contribution in [-0.2, 0) is 4.79 Å². The van der Waals surface area contributed by atoms with E-state index < -0.39 is 0 Å². The van der Waals surface area contributed by atoms with Crippen LogP contribution in [0, 0.1) is 12.8 Å². The molecule has 0 radical (unpaired) electrons. The molecule has 4 heteroatoms. The van der Waals surface area contributed by atoms with E-state index in [1.807, 2.05) is 35.9 Å². The molecule has 19 heavy (non-hydrogen) atoms. The number of anilines is 1. The fourth-order valence-corrected chi connectivity index (χ4v) is 2.80. The van der Waals surface area contributed by atoms with E-state index in [4.69, 9.17) is 0 Å². The minimum absolute atomic E-state index is 0.163. The van der Waals surface area contributed by atoms with Gasteiger partial charge in [0, 0.05) is 18.3 Å². The Morgan fingerprint density at radius 1 is 1.26 bits per heavy atom. The van der Waals surface area contributed by atoms with Crippen LogP contribution in [0.25, 0.3) is 5.65 Å². The average molecular weight is 257 g/mol. The molecule has 0 aromatic carbocycles. The van der Waals surface area contributed by atoms with Gasteiger partial charge in [-0.1, -0.05) is 19.3 Å². The van der Waals surface area contributed by atoms with E-state index in [0.29, 0.717) is 0 Å². The number of amides is 1. The summed E-state index contributed by atoms with van der Waals surface area (Å²) in [5, 5.41) is 3.03. The minimum Gasteiger partial charge on any atom is -0.325 e. The monoisotopic (exact) mass is 257 g/mol. The highest BCUT2D eigenvalue weighted by molar-refractivity contribution is 5.92. The molecule has 4 nitrogen and oxygen atoms in total. The number of nitrogens with zero attached hydrogens (tertiary/aromatic N) is 2. The maximum Gasteiger partial charge on any atom is 0.227 e. The SMILES string of the molecule is Cc1cn2cc(NC(=O)C3CCCCC3)ccc2n1. The van der Waals surface area contributed by atoms with Gasteiger partial charge >= 0.3 is 0 Å². The van der Waals surface area contributed by atoms with Crippen LogP contribution in [0.2, 0.25) is 0 Å². The highest BCUT2D eigenvalue weighted by Gasteiger charge is 2.21. The Morgan fingerprint density at radius 2 is 2.05 bits per heavy atom. The number of carbonyl (C=O) groups is 1. The molecule has 1 aliphatic rings. The summed E-state index contributed by atoms with van der Waals surface area (Å²) in [5.41, 5.74) is 2.74. The summed E-state index contributed by atoms with van der Waals surface area (Å²) in [4.78, 5) is 16.5. The minimum atomic E-state index is 0.163. The number of pyridine rings is 1. The van der Waals surface area contributed by atoms with E-state index in [0.717, 1.165) is 29.9 Å². The molecule has 3 rings (SSSR count). The van der Waals surface area contributed by atoms with Crippen LogP contribution in [0.5, 0.6) is 0 Å². The lowest BCUT2D eigenvalue weighted by Crippen LogP contribution is -2.24. The fourth-order valence-electron chi connectivity index (χ4n) is 2.80. The van der Waals surface area contributed by atoms with Gasteiger partial charge in [-0.25, -0.2) is 4.98 Å². The molecular weight excluding hydrogens is 238 g/mol. The number of fused-ring (bicyclic) bond motifs is 1. The van der Waals surface area contributed by atoms with Crippen molar-refractivity contribution in [3.8, 4) is 0 Å². The fraction of sp³-hybridized carbons (Fsp3) is 0.467. The number of aryl methyl sites for hydroxylation is 1. The van der Waals surface area contributed by atoms with Gasteiger partial charge in [-0.3, -0.25) is 4.79 Å². The number of hydrogen-bond acceptors (Lipinski definition) is 2. The summed E-state index contributed by atoms with van der Waals surface area (Å²) >= 11 is 0. The van der Waals surface area contributed by atoms with Gasteiger partial charge in [-0.2, -0.15) is 0 Å². The Hall–Kier alpha value is -1.84. The maximum atomic E-state index is 12.2. The normalized spacial score (nSPS) is 16.7. The smallest absolute Gasteiger partial charge is 0.227 e. The number of imidazole rings is 1. The Morgan fingerprint density at radius 3 is 2.84 bits per heavy atom. The third-order valence-electron chi connectivity index (χ3n) is 3.81. The van der Waals surface area contributed by atoms with E-state index in [1.54, 1.807) is 0 Å². The van der Waals surface area contributed by atoms with Crippen molar-refractivity contribution in [3.63, 3.8) is 0 Å². The molecule has 0 aliphatic heterocycles. The molecule has 0 spiro atoms. The third-order valence-corrected chi connectivity index (χ3v) is 3.81. The maximum absolute atomic E-state index is 12.2. The van der Waals surface area contributed by atoms with Crippen LogP contribution < -0.4 is 5.32 Å². The van der Waals surface area contributed by atoms with Gasteiger partial charge < -0.3 is 9.72 Å². The van der Waals surface area contributed by atoms with Gasteiger partial charge in [0.1, 0.15) is 5.65 Å². The molecule has 0 atom stereocenters. The van der Waals surface area contributed by atoms with Gasteiger partial charge in [0.2, 0.25) is 5.91 Å². The van der Waals surface area contributed by atoms with Crippen LogP contribution >= 0.6 is 0 Å². The van der Waals surface area contributed by atoms with Gasteiger partial charge in [0.25, 0.3) is 0 Å². The second kappa shape index (κ2) is 5.03. The summed E-state index contributed by atoms with van der Waals surface area (Å²) in [7, 11) is 0. The Balaban J connectivity index is 1.74. The molecule has 1 saturated carbocycles. The van der Waals surface area contributed by atoms with Crippen molar-refractivity contribution in [2.24, 2.45) is 5.92 Å². The molecule has 0 saturated heterocycles. The van der Waals surface area contributed by atoms with Gasteiger partial charge in [0.05, 0.1) is 11.4 Å². The predicted molar refractivity (Wildman–Crippen MR) is 75.1 cm³/mol. The number of nitrogens with one attached hydrogen (secondary N) is 1. The van der Waals surface area contributed by atoms with Crippen molar-refractivity contribution in [2.75, 3.05) is 5.32 Å². The standard InChI is InChI=1S/C15H19N3O/c1-11-9-18-10-13(7-8-14(18)16-11)17-15(19)12-5-3-2-4-6-12/h7-10,12H,2-6H2,1H3,(H,17,19). The molecule has 2 aromatic heterocycles. The van der Waals surface area contributed by atoms with Crippen LogP contribution in [0.4, 0.5) is 5.69 Å².